The van der Waals surface area contributed by atoms with Crippen molar-refractivity contribution >= 4 is 5.97 Å². The molecule has 2 bridgehead atoms. The van der Waals surface area contributed by atoms with Crippen LogP contribution in [0.1, 0.15) is 39.5 Å². The Morgan fingerprint density at radius 3 is 2.73 bits per heavy atom. The average Bonchev–Trinajstić information content (AvgIpc) is 2.20. The summed E-state index contributed by atoms with van der Waals surface area (Å²) in [5, 5.41) is 0. The van der Waals surface area contributed by atoms with Gasteiger partial charge in [0.2, 0.25) is 0 Å². The number of esters is 1. The van der Waals surface area contributed by atoms with Gasteiger partial charge >= 0.3 is 5.97 Å². The molecule has 3 aliphatic rings. The number of ether oxygens (including phenoxy) is 1. The number of carbonyl (C=O) groups excluding carboxylic acids is 1. The summed E-state index contributed by atoms with van der Waals surface area (Å²) in [6, 6.07) is 0.311. The van der Waals surface area contributed by atoms with Gasteiger partial charge in [0.25, 0.3) is 0 Å². The Hall–Kier alpha value is -0.570. The molecule has 0 saturated heterocycles. The van der Waals surface area contributed by atoms with Crippen molar-refractivity contribution in [2.75, 3.05) is 6.61 Å². The molecule has 15 heavy (non-hydrogen) atoms. The molecule has 4 atom stereocenters. The van der Waals surface area contributed by atoms with Gasteiger partial charge in [0, 0.05) is 6.04 Å². The Labute approximate surface area is 91.4 Å². The molecule has 0 heterocycles. The molecule has 3 heteroatoms. The molecular weight excluding hydrogens is 190 g/mol. The van der Waals surface area contributed by atoms with Crippen LogP contribution in [0, 0.1) is 17.3 Å². The molecule has 0 radical (unpaired) electrons. The van der Waals surface area contributed by atoms with Crippen molar-refractivity contribution in [1.29, 1.82) is 0 Å². The molecule has 86 valence electrons. The van der Waals surface area contributed by atoms with Crippen molar-refractivity contribution in [1.82, 2.24) is 0 Å². The minimum absolute atomic E-state index is 0.00778. The maximum absolute atomic E-state index is 12.0. The van der Waals surface area contributed by atoms with E-state index in [1.165, 1.54) is 6.42 Å². The lowest BCUT2D eigenvalue weighted by Crippen LogP contribution is -2.53. The summed E-state index contributed by atoms with van der Waals surface area (Å²) in [5.74, 6) is 0.965. The van der Waals surface area contributed by atoms with Crippen LogP contribution in [0.4, 0.5) is 0 Å². The molecular formula is C12H21NO2. The van der Waals surface area contributed by atoms with Crippen LogP contribution in [0.2, 0.25) is 0 Å². The minimum atomic E-state index is -0.255. The molecule has 0 amide bonds. The molecule has 0 aromatic carbocycles. The van der Waals surface area contributed by atoms with Crippen molar-refractivity contribution in [3.05, 3.63) is 0 Å². The number of nitrogens with two attached hydrogens (primary N) is 1. The number of hydrogen-bond donors (Lipinski definition) is 1. The number of rotatable bonds is 2. The topological polar surface area (TPSA) is 52.3 Å². The first-order chi connectivity index (χ1) is 7.08. The van der Waals surface area contributed by atoms with E-state index < -0.39 is 0 Å². The molecule has 3 saturated carbocycles. The van der Waals surface area contributed by atoms with Gasteiger partial charge in [-0.25, -0.2) is 0 Å². The second-order valence-corrected chi connectivity index (χ2v) is 5.28. The average molecular weight is 211 g/mol. The van der Waals surface area contributed by atoms with E-state index in [2.05, 4.69) is 6.92 Å². The highest BCUT2D eigenvalue weighted by molar-refractivity contribution is 5.77. The maximum Gasteiger partial charge on any atom is 0.312 e. The van der Waals surface area contributed by atoms with Crippen molar-refractivity contribution in [2.45, 2.75) is 45.6 Å². The van der Waals surface area contributed by atoms with Crippen molar-refractivity contribution < 1.29 is 9.53 Å². The first-order valence-corrected chi connectivity index (χ1v) is 6.00. The summed E-state index contributed by atoms with van der Waals surface area (Å²) in [5.41, 5.74) is 5.81. The molecule has 0 aliphatic heterocycles. The predicted octanol–water partition coefficient (Wildman–Crippen LogP) is 1.70. The number of hydrogen-bond acceptors (Lipinski definition) is 3. The van der Waals surface area contributed by atoms with Gasteiger partial charge in [0.1, 0.15) is 0 Å². The van der Waals surface area contributed by atoms with Gasteiger partial charge in [-0.15, -0.1) is 0 Å². The lowest BCUT2D eigenvalue weighted by molar-refractivity contribution is -0.165. The molecule has 2 N–H and O–H groups in total. The van der Waals surface area contributed by atoms with Crippen LogP contribution in [-0.4, -0.2) is 18.6 Å². The van der Waals surface area contributed by atoms with Gasteiger partial charge in [-0.3, -0.25) is 4.79 Å². The zero-order valence-electron chi connectivity index (χ0n) is 9.66. The van der Waals surface area contributed by atoms with Crippen LogP contribution in [0.3, 0.4) is 0 Å². The van der Waals surface area contributed by atoms with Crippen LogP contribution < -0.4 is 5.73 Å². The van der Waals surface area contributed by atoms with E-state index in [4.69, 9.17) is 10.5 Å². The van der Waals surface area contributed by atoms with E-state index in [0.29, 0.717) is 24.5 Å². The third-order valence-corrected chi connectivity index (χ3v) is 4.38. The maximum atomic E-state index is 12.0. The highest BCUT2D eigenvalue weighted by Crippen LogP contribution is 2.52. The molecule has 0 aromatic heterocycles. The molecule has 0 aromatic rings. The smallest absolute Gasteiger partial charge is 0.312 e. The van der Waals surface area contributed by atoms with Gasteiger partial charge in [-0.2, -0.15) is 0 Å². The number of fused-ring (bicyclic) bond motifs is 3. The third-order valence-electron chi connectivity index (χ3n) is 4.38. The van der Waals surface area contributed by atoms with Gasteiger partial charge in [-0.05, 0) is 51.4 Å². The van der Waals surface area contributed by atoms with E-state index in [9.17, 15) is 4.79 Å². The van der Waals surface area contributed by atoms with Gasteiger partial charge in [0.05, 0.1) is 12.0 Å². The van der Waals surface area contributed by atoms with Crippen LogP contribution in [-0.2, 0) is 9.53 Å². The highest BCUT2D eigenvalue weighted by Gasteiger charge is 2.52. The third kappa shape index (κ3) is 1.67. The molecule has 3 fully saturated rings. The summed E-state index contributed by atoms with van der Waals surface area (Å²) < 4.78 is 5.19. The van der Waals surface area contributed by atoms with E-state index in [-0.39, 0.29) is 11.4 Å². The summed E-state index contributed by atoms with van der Waals surface area (Å²) in [4.78, 5) is 12.0. The molecule has 0 spiro atoms. The SMILES string of the molecule is CCOC(=O)[C@@]1(C)C[C@@H]2CC[C@H]1C[C@@H]2N. The Bertz CT molecular complexity index is 266. The quantitative estimate of drug-likeness (QED) is 0.707. The lowest BCUT2D eigenvalue weighted by Gasteiger charge is -2.50. The van der Waals surface area contributed by atoms with Crippen molar-refractivity contribution in [2.24, 2.45) is 23.0 Å². The Balaban J connectivity index is 2.13. The summed E-state index contributed by atoms with van der Waals surface area (Å²) >= 11 is 0. The summed E-state index contributed by atoms with van der Waals surface area (Å²) in [6.45, 7) is 4.42. The lowest BCUT2D eigenvalue weighted by atomic mass is 9.55. The zero-order valence-corrected chi connectivity index (χ0v) is 9.66. The standard InChI is InChI=1S/C12H21NO2/c1-3-15-11(14)12(2)7-8-4-5-9(12)6-10(8)13/h8-10H,3-7,13H2,1-2H3/t8-,9-,10-,12-/m0/s1. The fourth-order valence-electron chi connectivity index (χ4n) is 3.36. The van der Waals surface area contributed by atoms with Crippen LogP contribution in [0.5, 0.6) is 0 Å². The van der Waals surface area contributed by atoms with E-state index in [1.54, 1.807) is 0 Å². The van der Waals surface area contributed by atoms with E-state index >= 15 is 0 Å². The van der Waals surface area contributed by atoms with Crippen LogP contribution in [0.15, 0.2) is 0 Å². The Morgan fingerprint density at radius 1 is 1.53 bits per heavy atom. The summed E-state index contributed by atoms with van der Waals surface area (Å²) in [7, 11) is 0. The Kier molecular flexibility index (Phi) is 2.75. The monoisotopic (exact) mass is 211 g/mol. The van der Waals surface area contributed by atoms with Crippen LogP contribution >= 0.6 is 0 Å². The normalized spacial score (nSPS) is 44.1. The largest absolute Gasteiger partial charge is 0.466 e. The fraction of sp³-hybridized carbons (Fsp3) is 0.917. The molecule has 0 unspecified atom stereocenters. The van der Waals surface area contributed by atoms with Gasteiger partial charge in [0.15, 0.2) is 0 Å². The first kappa shape index (κ1) is 10.9. The molecule has 3 nitrogen and oxygen atoms in total. The fourth-order valence-corrected chi connectivity index (χ4v) is 3.36. The first-order valence-electron chi connectivity index (χ1n) is 6.00. The minimum Gasteiger partial charge on any atom is -0.466 e. The van der Waals surface area contributed by atoms with Crippen molar-refractivity contribution in [3.63, 3.8) is 0 Å². The van der Waals surface area contributed by atoms with E-state index in [1.807, 2.05) is 6.92 Å². The van der Waals surface area contributed by atoms with Gasteiger partial charge < -0.3 is 10.5 Å². The zero-order chi connectivity index (χ0) is 11.1. The predicted molar refractivity (Wildman–Crippen MR) is 58.2 cm³/mol. The Morgan fingerprint density at radius 2 is 2.27 bits per heavy atom. The second-order valence-electron chi connectivity index (χ2n) is 5.28. The highest BCUT2D eigenvalue weighted by atomic mass is 16.5. The van der Waals surface area contributed by atoms with Gasteiger partial charge in [-0.1, -0.05) is 0 Å². The van der Waals surface area contributed by atoms with E-state index in [0.717, 1.165) is 19.3 Å². The molecule has 3 aliphatic carbocycles. The molecule has 3 rings (SSSR count). The summed E-state index contributed by atoms with van der Waals surface area (Å²) in [6.07, 6.45) is 4.27. The van der Waals surface area contributed by atoms with Crippen LogP contribution in [0.25, 0.3) is 0 Å². The second kappa shape index (κ2) is 3.78. The van der Waals surface area contributed by atoms with Crippen molar-refractivity contribution in [3.8, 4) is 0 Å². The number of carbonyl (C=O) groups is 1.